The van der Waals surface area contributed by atoms with Crippen molar-refractivity contribution >= 4 is 5.91 Å². The van der Waals surface area contributed by atoms with Crippen molar-refractivity contribution in [2.45, 2.75) is 57.7 Å². The molecule has 17 heavy (non-hydrogen) atoms. The van der Waals surface area contributed by atoms with Gasteiger partial charge in [-0.25, -0.2) is 0 Å². The molecule has 2 aliphatic heterocycles. The van der Waals surface area contributed by atoms with Crippen LogP contribution >= 0.6 is 0 Å². The Hall–Kier alpha value is -0.610. The Morgan fingerprint density at radius 1 is 1.47 bits per heavy atom. The number of piperidine rings is 1. The average Bonchev–Trinajstić information content (AvgIpc) is 2.77. The minimum absolute atomic E-state index is 0.0519. The fraction of sp³-hybridized carbons (Fsp3) is 0.923. The Morgan fingerprint density at radius 3 is 2.88 bits per heavy atom. The molecule has 0 bridgehead atoms. The largest absolute Gasteiger partial charge is 0.378 e. The van der Waals surface area contributed by atoms with Crippen LogP contribution in [0.15, 0.2) is 0 Å². The highest BCUT2D eigenvalue weighted by Gasteiger charge is 2.30. The SMILES string of the molecule is CC1CC(C(=O)NC(C)C2CCCCN2)CO1. The van der Waals surface area contributed by atoms with Crippen LogP contribution in [0.4, 0.5) is 0 Å². The lowest BCUT2D eigenvalue weighted by atomic mass is 9.98. The molecule has 0 saturated carbocycles. The van der Waals surface area contributed by atoms with E-state index >= 15 is 0 Å². The molecule has 4 unspecified atom stereocenters. The number of ether oxygens (including phenoxy) is 1. The monoisotopic (exact) mass is 240 g/mol. The molecule has 0 aliphatic carbocycles. The van der Waals surface area contributed by atoms with E-state index in [0.717, 1.165) is 13.0 Å². The van der Waals surface area contributed by atoms with Crippen molar-refractivity contribution in [3.05, 3.63) is 0 Å². The van der Waals surface area contributed by atoms with Crippen LogP contribution in [0.2, 0.25) is 0 Å². The molecule has 2 saturated heterocycles. The summed E-state index contributed by atoms with van der Waals surface area (Å²) in [5, 5.41) is 6.61. The molecule has 2 N–H and O–H groups in total. The summed E-state index contributed by atoms with van der Waals surface area (Å²) in [6, 6.07) is 0.658. The summed E-state index contributed by atoms with van der Waals surface area (Å²) in [5.74, 6) is 0.213. The number of amides is 1. The summed E-state index contributed by atoms with van der Waals surface area (Å²) >= 11 is 0. The van der Waals surface area contributed by atoms with Gasteiger partial charge in [0, 0.05) is 12.1 Å². The highest BCUT2D eigenvalue weighted by atomic mass is 16.5. The highest BCUT2D eigenvalue weighted by Crippen LogP contribution is 2.19. The predicted octanol–water partition coefficient (Wildman–Crippen LogP) is 1.06. The molecule has 1 amide bonds. The molecule has 2 aliphatic rings. The molecular weight excluding hydrogens is 216 g/mol. The fourth-order valence-corrected chi connectivity index (χ4v) is 2.75. The van der Waals surface area contributed by atoms with E-state index in [0.29, 0.717) is 12.6 Å². The third-order valence-electron chi connectivity index (χ3n) is 3.89. The van der Waals surface area contributed by atoms with E-state index in [-0.39, 0.29) is 24.0 Å². The van der Waals surface area contributed by atoms with Gasteiger partial charge in [-0.2, -0.15) is 0 Å². The van der Waals surface area contributed by atoms with Gasteiger partial charge in [-0.3, -0.25) is 4.79 Å². The maximum Gasteiger partial charge on any atom is 0.225 e. The lowest BCUT2D eigenvalue weighted by molar-refractivity contribution is -0.125. The lowest BCUT2D eigenvalue weighted by Gasteiger charge is -2.30. The van der Waals surface area contributed by atoms with Crippen LogP contribution in [0.1, 0.15) is 39.5 Å². The molecule has 0 radical (unpaired) electrons. The second-order valence-corrected chi connectivity index (χ2v) is 5.43. The van der Waals surface area contributed by atoms with E-state index in [1.807, 2.05) is 6.92 Å². The van der Waals surface area contributed by atoms with E-state index in [1.54, 1.807) is 0 Å². The summed E-state index contributed by atoms with van der Waals surface area (Å²) in [7, 11) is 0. The molecule has 2 heterocycles. The summed E-state index contributed by atoms with van der Waals surface area (Å²) in [6.07, 6.45) is 4.77. The van der Waals surface area contributed by atoms with E-state index in [1.165, 1.54) is 19.3 Å². The van der Waals surface area contributed by atoms with Crippen molar-refractivity contribution in [3.8, 4) is 0 Å². The summed E-state index contributed by atoms with van der Waals surface area (Å²) in [4.78, 5) is 12.0. The molecule has 0 spiro atoms. The number of hydrogen-bond donors (Lipinski definition) is 2. The van der Waals surface area contributed by atoms with Gasteiger partial charge in [0.1, 0.15) is 0 Å². The average molecular weight is 240 g/mol. The number of hydrogen-bond acceptors (Lipinski definition) is 3. The predicted molar refractivity (Wildman–Crippen MR) is 66.8 cm³/mol. The van der Waals surface area contributed by atoms with Crippen LogP contribution in [0.5, 0.6) is 0 Å². The minimum atomic E-state index is 0.0519. The van der Waals surface area contributed by atoms with Crippen LogP contribution in [0.3, 0.4) is 0 Å². The lowest BCUT2D eigenvalue weighted by Crippen LogP contribution is -2.51. The van der Waals surface area contributed by atoms with E-state index in [2.05, 4.69) is 17.6 Å². The molecule has 4 atom stereocenters. The van der Waals surface area contributed by atoms with Gasteiger partial charge >= 0.3 is 0 Å². The Labute approximate surface area is 103 Å². The first-order valence-corrected chi connectivity index (χ1v) is 6.82. The molecule has 4 heteroatoms. The van der Waals surface area contributed by atoms with Gasteiger partial charge in [-0.05, 0) is 39.7 Å². The Bertz CT molecular complexity index is 264. The summed E-state index contributed by atoms with van der Waals surface area (Å²) < 4.78 is 5.44. The van der Waals surface area contributed by atoms with Crippen molar-refractivity contribution in [1.29, 1.82) is 0 Å². The van der Waals surface area contributed by atoms with Crippen LogP contribution in [0, 0.1) is 5.92 Å². The Kier molecular flexibility index (Phi) is 4.40. The molecular formula is C13H24N2O2. The maximum absolute atomic E-state index is 12.0. The first kappa shape index (κ1) is 12.8. The number of carbonyl (C=O) groups excluding carboxylic acids is 1. The van der Waals surface area contributed by atoms with Gasteiger partial charge in [0.2, 0.25) is 5.91 Å². The molecule has 4 nitrogen and oxygen atoms in total. The molecule has 2 rings (SSSR count). The van der Waals surface area contributed by atoms with Crippen molar-refractivity contribution in [3.63, 3.8) is 0 Å². The Balaban J connectivity index is 1.77. The van der Waals surface area contributed by atoms with Crippen LogP contribution in [0.25, 0.3) is 0 Å². The second-order valence-electron chi connectivity index (χ2n) is 5.43. The summed E-state index contributed by atoms with van der Waals surface area (Å²) in [6.45, 7) is 5.78. The standard InChI is InChI=1S/C13H24N2O2/c1-9-7-11(8-17-9)13(16)15-10(2)12-5-3-4-6-14-12/h9-12,14H,3-8H2,1-2H3,(H,15,16). The number of nitrogens with one attached hydrogen (secondary N) is 2. The van der Waals surface area contributed by atoms with Crippen LogP contribution in [-0.2, 0) is 9.53 Å². The van der Waals surface area contributed by atoms with Gasteiger partial charge in [0.15, 0.2) is 0 Å². The third-order valence-corrected chi connectivity index (χ3v) is 3.89. The molecule has 0 aromatic carbocycles. The second kappa shape index (κ2) is 5.83. The smallest absolute Gasteiger partial charge is 0.225 e. The molecule has 98 valence electrons. The molecule has 0 aromatic rings. The molecule has 2 fully saturated rings. The highest BCUT2D eigenvalue weighted by molar-refractivity contribution is 5.79. The Morgan fingerprint density at radius 2 is 2.29 bits per heavy atom. The molecule has 0 aromatic heterocycles. The third kappa shape index (κ3) is 3.42. The maximum atomic E-state index is 12.0. The van der Waals surface area contributed by atoms with Gasteiger partial charge in [0.05, 0.1) is 18.6 Å². The van der Waals surface area contributed by atoms with E-state index < -0.39 is 0 Å². The number of carbonyl (C=O) groups is 1. The minimum Gasteiger partial charge on any atom is -0.378 e. The van der Waals surface area contributed by atoms with E-state index in [9.17, 15) is 4.79 Å². The topological polar surface area (TPSA) is 50.4 Å². The zero-order valence-electron chi connectivity index (χ0n) is 10.9. The van der Waals surface area contributed by atoms with E-state index in [4.69, 9.17) is 4.74 Å². The van der Waals surface area contributed by atoms with Crippen LogP contribution < -0.4 is 10.6 Å². The summed E-state index contributed by atoms with van der Waals surface area (Å²) in [5.41, 5.74) is 0. The van der Waals surface area contributed by atoms with Crippen molar-refractivity contribution in [2.24, 2.45) is 5.92 Å². The first-order valence-electron chi connectivity index (χ1n) is 6.82. The fourth-order valence-electron chi connectivity index (χ4n) is 2.75. The van der Waals surface area contributed by atoms with Crippen molar-refractivity contribution in [2.75, 3.05) is 13.2 Å². The first-order chi connectivity index (χ1) is 8.16. The van der Waals surface area contributed by atoms with Crippen molar-refractivity contribution in [1.82, 2.24) is 10.6 Å². The van der Waals surface area contributed by atoms with Gasteiger partial charge in [-0.1, -0.05) is 6.42 Å². The quantitative estimate of drug-likeness (QED) is 0.775. The van der Waals surface area contributed by atoms with Gasteiger partial charge in [-0.15, -0.1) is 0 Å². The van der Waals surface area contributed by atoms with Gasteiger partial charge in [0.25, 0.3) is 0 Å². The normalized spacial score (nSPS) is 35.5. The van der Waals surface area contributed by atoms with Gasteiger partial charge < -0.3 is 15.4 Å². The zero-order chi connectivity index (χ0) is 12.3. The number of rotatable bonds is 3. The zero-order valence-corrected chi connectivity index (χ0v) is 10.9. The van der Waals surface area contributed by atoms with Crippen molar-refractivity contribution < 1.29 is 9.53 Å². The van der Waals surface area contributed by atoms with Crippen LogP contribution in [-0.4, -0.2) is 37.2 Å².